The first kappa shape index (κ1) is 24.0. The minimum absolute atomic E-state index is 0.0426. The molecule has 1 fully saturated rings. The highest BCUT2D eigenvalue weighted by atomic mass is 19.3. The number of alkyl halides is 2. The monoisotopic (exact) mass is 491 g/mol. The van der Waals surface area contributed by atoms with Gasteiger partial charge in [-0.3, -0.25) is 25.0 Å². The number of fused-ring (bicyclic) bond motifs is 1. The largest absolute Gasteiger partial charge is 0.444 e. The minimum Gasteiger partial charge on any atom is -0.444 e. The molecule has 2 aliphatic rings. The zero-order chi connectivity index (χ0) is 25.3. The van der Waals surface area contributed by atoms with Crippen molar-refractivity contribution in [2.75, 3.05) is 5.32 Å². The fraction of sp³-hybridized carbons (Fsp3) is 0.304. The summed E-state index contributed by atoms with van der Waals surface area (Å²) in [5.41, 5.74) is 0.931. The van der Waals surface area contributed by atoms with Gasteiger partial charge in [-0.15, -0.1) is 0 Å². The van der Waals surface area contributed by atoms with Crippen molar-refractivity contribution >= 4 is 29.5 Å². The molecular weight excluding hydrogens is 471 g/mol. The smallest absolute Gasteiger partial charge is 0.411 e. The van der Waals surface area contributed by atoms with Crippen LogP contribution in [0.15, 0.2) is 30.3 Å². The Balaban J connectivity index is 1.41. The van der Waals surface area contributed by atoms with Crippen molar-refractivity contribution < 1.29 is 41.8 Å². The zero-order valence-electron chi connectivity index (χ0n) is 18.4. The van der Waals surface area contributed by atoms with Gasteiger partial charge in [0, 0.05) is 29.3 Å². The lowest BCUT2D eigenvalue weighted by Crippen LogP contribution is -2.52. The predicted octanol–water partition coefficient (Wildman–Crippen LogP) is 3.25. The summed E-state index contributed by atoms with van der Waals surface area (Å²) < 4.78 is 49.2. The van der Waals surface area contributed by atoms with Gasteiger partial charge in [-0.05, 0) is 42.7 Å². The van der Waals surface area contributed by atoms with Crippen LogP contribution in [-0.2, 0) is 27.5 Å². The van der Waals surface area contributed by atoms with E-state index < -0.39 is 42.3 Å². The fourth-order valence-corrected chi connectivity index (χ4v) is 3.96. The molecule has 4 rings (SSSR count). The number of carbonyl (C=O) groups excluding carboxylic acids is 4. The topological polar surface area (TPSA) is 114 Å². The molecule has 1 unspecified atom stereocenters. The molecule has 9 nitrogen and oxygen atoms in total. The second-order valence-corrected chi connectivity index (χ2v) is 8.06. The Bertz CT molecular complexity index is 1220. The number of carbonyl (C=O) groups is 4. The molecule has 0 aliphatic carbocycles. The number of ether oxygens (including phenoxy) is 2. The molecule has 1 atom stereocenters. The molecule has 0 saturated carbocycles. The number of halogens is 3. The van der Waals surface area contributed by atoms with Gasteiger partial charge in [0.2, 0.25) is 11.8 Å². The van der Waals surface area contributed by atoms with E-state index in [4.69, 9.17) is 4.74 Å². The summed E-state index contributed by atoms with van der Waals surface area (Å²) in [6.45, 7) is -1.97. The summed E-state index contributed by atoms with van der Waals surface area (Å²) in [4.78, 5) is 49.7. The number of piperidine rings is 1. The summed E-state index contributed by atoms with van der Waals surface area (Å²) in [7, 11) is 0. The highest BCUT2D eigenvalue weighted by molar-refractivity contribution is 6.05. The molecule has 2 heterocycles. The highest BCUT2D eigenvalue weighted by Crippen LogP contribution is 2.30. The van der Waals surface area contributed by atoms with Crippen LogP contribution < -0.4 is 15.4 Å². The maximum Gasteiger partial charge on any atom is 0.411 e. The van der Waals surface area contributed by atoms with Crippen molar-refractivity contribution in [3.63, 3.8) is 0 Å². The van der Waals surface area contributed by atoms with Gasteiger partial charge in [-0.2, -0.15) is 8.78 Å². The van der Waals surface area contributed by atoms with Crippen molar-refractivity contribution in [1.82, 2.24) is 10.2 Å². The van der Waals surface area contributed by atoms with Crippen LogP contribution >= 0.6 is 0 Å². The number of anilines is 1. The van der Waals surface area contributed by atoms with Crippen LogP contribution in [0.5, 0.6) is 5.75 Å². The summed E-state index contributed by atoms with van der Waals surface area (Å²) in [5, 5.41) is 4.53. The lowest BCUT2D eigenvalue weighted by Gasteiger charge is -2.29. The Morgan fingerprint density at radius 3 is 2.71 bits per heavy atom. The van der Waals surface area contributed by atoms with Crippen molar-refractivity contribution in [2.45, 2.75) is 45.6 Å². The number of rotatable bonds is 6. The Morgan fingerprint density at radius 2 is 2.00 bits per heavy atom. The number of benzene rings is 2. The van der Waals surface area contributed by atoms with E-state index in [2.05, 4.69) is 15.4 Å². The van der Waals surface area contributed by atoms with Gasteiger partial charge in [-0.1, -0.05) is 6.07 Å². The third-order valence-electron chi connectivity index (χ3n) is 5.68. The zero-order valence-corrected chi connectivity index (χ0v) is 18.4. The first-order chi connectivity index (χ1) is 16.6. The molecule has 35 heavy (non-hydrogen) atoms. The normalized spacial score (nSPS) is 17.3. The average molecular weight is 491 g/mol. The Morgan fingerprint density at radius 1 is 1.23 bits per heavy atom. The first-order valence-electron chi connectivity index (χ1n) is 10.6. The van der Waals surface area contributed by atoms with Gasteiger partial charge in [0.15, 0.2) is 0 Å². The molecule has 2 aliphatic heterocycles. The lowest BCUT2D eigenvalue weighted by atomic mass is 10.0. The van der Waals surface area contributed by atoms with Crippen molar-refractivity contribution in [1.29, 1.82) is 0 Å². The van der Waals surface area contributed by atoms with Crippen molar-refractivity contribution in [3.05, 3.63) is 58.4 Å². The molecule has 0 bridgehead atoms. The summed E-state index contributed by atoms with van der Waals surface area (Å²) >= 11 is 0. The molecule has 2 N–H and O–H groups in total. The van der Waals surface area contributed by atoms with E-state index in [1.54, 1.807) is 6.92 Å². The van der Waals surface area contributed by atoms with E-state index in [-0.39, 0.29) is 54.1 Å². The Hall–Kier alpha value is -4.09. The van der Waals surface area contributed by atoms with Gasteiger partial charge in [0.25, 0.3) is 5.91 Å². The van der Waals surface area contributed by atoms with E-state index in [1.807, 2.05) is 0 Å². The lowest BCUT2D eigenvalue weighted by molar-refractivity contribution is -0.136. The van der Waals surface area contributed by atoms with E-state index >= 15 is 0 Å². The molecule has 4 amide bonds. The maximum absolute atomic E-state index is 14.7. The molecular formula is C23H20F3N3O6. The Labute approximate surface area is 197 Å². The number of nitrogens with one attached hydrogen (secondary N) is 2. The minimum atomic E-state index is -3.03. The number of amides is 4. The number of imide groups is 1. The second-order valence-electron chi connectivity index (χ2n) is 8.06. The molecule has 0 spiro atoms. The molecule has 2 aromatic rings. The van der Waals surface area contributed by atoms with E-state index in [9.17, 15) is 32.3 Å². The number of hydrogen-bond acceptors (Lipinski definition) is 6. The van der Waals surface area contributed by atoms with E-state index in [0.717, 1.165) is 6.07 Å². The first-order valence-corrected chi connectivity index (χ1v) is 10.6. The molecule has 12 heteroatoms. The van der Waals surface area contributed by atoms with Gasteiger partial charge in [0.1, 0.15) is 24.2 Å². The highest BCUT2D eigenvalue weighted by Gasteiger charge is 2.40. The van der Waals surface area contributed by atoms with Crippen LogP contribution in [0.25, 0.3) is 0 Å². The van der Waals surface area contributed by atoms with Gasteiger partial charge in [0.05, 0.1) is 6.54 Å². The third-order valence-corrected chi connectivity index (χ3v) is 5.68. The van der Waals surface area contributed by atoms with Crippen molar-refractivity contribution in [3.8, 4) is 5.75 Å². The fourth-order valence-electron chi connectivity index (χ4n) is 3.96. The molecule has 0 radical (unpaired) electrons. The van der Waals surface area contributed by atoms with Crippen LogP contribution in [0.3, 0.4) is 0 Å². The maximum atomic E-state index is 14.7. The van der Waals surface area contributed by atoms with Crippen LogP contribution in [0.2, 0.25) is 0 Å². The van der Waals surface area contributed by atoms with Crippen LogP contribution in [0.1, 0.15) is 39.9 Å². The molecule has 0 aromatic heterocycles. The second kappa shape index (κ2) is 9.65. The predicted molar refractivity (Wildman–Crippen MR) is 114 cm³/mol. The molecule has 184 valence electrons. The summed E-state index contributed by atoms with van der Waals surface area (Å²) in [6.07, 6.45) is -0.718. The summed E-state index contributed by atoms with van der Waals surface area (Å²) in [5.74, 6) is -2.41. The Kier molecular flexibility index (Phi) is 6.63. The quantitative estimate of drug-likeness (QED) is 0.600. The molecule has 1 saturated heterocycles. The van der Waals surface area contributed by atoms with Crippen LogP contribution in [0, 0.1) is 12.7 Å². The number of hydrogen-bond donors (Lipinski definition) is 2. The standard InChI is InChI=1S/C23H20F3N3O6/c1-11-2-3-13(8-18(11)35-22(25)26)27-23(33)34-10-12-6-14-15(16(24)7-12)9-29(21(14)32)17-4-5-19(30)28-20(17)31/h2-3,6-8,17,22H,4-5,9-10H2,1H3,(H,27,33)(H,28,30,31). The van der Waals surface area contributed by atoms with Crippen LogP contribution in [0.4, 0.5) is 23.7 Å². The van der Waals surface area contributed by atoms with Gasteiger partial charge in [-0.25, -0.2) is 9.18 Å². The third kappa shape index (κ3) is 5.20. The average Bonchev–Trinajstić information content (AvgIpc) is 3.11. The van der Waals surface area contributed by atoms with E-state index in [1.165, 1.54) is 29.2 Å². The van der Waals surface area contributed by atoms with Gasteiger partial charge >= 0.3 is 12.7 Å². The van der Waals surface area contributed by atoms with Crippen molar-refractivity contribution in [2.24, 2.45) is 0 Å². The summed E-state index contributed by atoms with van der Waals surface area (Å²) in [6, 6.07) is 5.76. The van der Waals surface area contributed by atoms with E-state index in [0.29, 0.717) is 5.56 Å². The number of nitrogens with zero attached hydrogens (tertiary/aromatic N) is 1. The number of aryl methyl sites for hydroxylation is 1. The van der Waals surface area contributed by atoms with Gasteiger partial charge < -0.3 is 14.4 Å². The van der Waals surface area contributed by atoms with Crippen LogP contribution in [-0.4, -0.2) is 41.4 Å². The molecule has 2 aromatic carbocycles. The SMILES string of the molecule is Cc1ccc(NC(=O)OCc2cc(F)c3c(c2)C(=O)N(C2CCC(=O)NC2=O)C3)cc1OC(F)F.